The minimum atomic E-state index is 0. The van der Waals surface area contributed by atoms with Crippen molar-refractivity contribution in [3.63, 3.8) is 0 Å². The normalized spacial score (nSPS) is 10.9. The van der Waals surface area contributed by atoms with Gasteiger partial charge in [0.2, 0.25) is 0 Å². The molecule has 0 aliphatic rings. The van der Waals surface area contributed by atoms with Crippen LogP contribution >= 0.6 is 0 Å². The van der Waals surface area contributed by atoms with E-state index in [0.717, 1.165) is 13.1 Å². The quantitative estimate of drug-likeness (QED) is 0.0607. The summed E-state index contributed by atoms with van der Waals surface area (Å²) in [5, 5.41) is 0. The van der Waals surface area contributed by atoms with Crippen LogP contribution in [0.1, 0.15) is 194 Å². The molecule has 0 atom stereocenters. The molecule has 0 aliphatic carbocycles. The van der Waals surface area contributed by atoms with Gasteiger partial charge in [-0.15, -0.1) is 0 Å². The van der Waals surface area contributed by atoms with Gasteiger partial charge in [0.1, 0.15) is 13.1 Å². The molecule has 2 aromatic heterocycles. The Labute approximate surface area is 299 Å². The van der Waals surface area contributed by atoms with Crippen molar-refractivity contribution < 1.29 is 33.9 Å². The highest BCUT2D eigenvalue weighted by Crippen LogP contribution is 2.16. The molecule has 0 spiro atoms. The molecule has 4 heteroatoms. The highest BCUT2D eigenvalue weighted by molar-refractivity contribution is 5.45. The van der Waals surface area contributed by atoms with E-state index in [-0.39, 0.29) is 24.8 Å². The topological polar surface area (TPSA) is 7.76 Å². The van der Waals surface area contributed by atoms with Crippen LogP contribution < -0.4 is 33.9 Å². The van der Waals surface area contributed by atoms with Gasteiger partial charge in [0.25, 0.3) is 11.4 Å². The average Bonchev–Trinajstić information content (AvgIpc) is 3.05. The standard InChI is InChI=1S/C42H74N2.2ClH/c1-3-5-7-9-11-13-15-17-19-21-23-25-27-31-37-43-39-33-29-35-41(43)42-36-30-34-40-44(42)38-32-28-26-24-22-20-18-16-14-12-10-8-6-4-2;;/h29-30,33-36,39-40H,3-28,31-32,37-38H2,1-2H3;2*1H/q+2;;/p-2. The average molecular weight is 678 g/mol. The lowest BCUT2D eigenvalue weighted by Gasteiger charge is -2.06. The predicted molar refractivity (Wildman–Crippen MR) is 193 cm³/mol. The molecule has 0 fully saturated rings. The maximum Gasteiger partial charge on any atom is 0.277 e. The van der Waals surface area contributed by atoms with Crippen molar-refractivity contribution in [2.75, 3.05) is 0 Å². The van der Waals surface area contributed by atoms with Crippen molar-refractivity contribution in [2.45, 2.75) is 207 Å². The van der Waals surface area contributed by atoms with E-state index in [1.165, 1.54) is 191 Å². The summed E-state index contributed by atoms with van der Waals surface area (Å²) < 4.78 is 5.00. The Balaban J connectivity index is 0.0000101. The van der Waals surface area contributed by atoms with Crippen LogP contribution in [0.25, 0.3) is 11.4 Å². The van der Waals surface area contributed by atoms with E-state index < -0.39 is 0 Å². The number of aryl methyl sites for hydroxylation is 2. The first-order valence-corrected chi connectivity index (χ1v) is 19.8. The monoisotopic (exact) mass is 677 g/mol. The summed E-state index contributed by atoms with van der Waals surface area (Å²) in [5.41, 5.74) is 2.74. The summed E-state index contributed by atoms with van der Waals surface area (Å²) in [6, 6.07) is 13.5. The molecule has 2 aromatic rings. The number of hydrogen-bond donors (Lipinski definition) is 0. The summed E-state index contributed by atoms with van der Waals surface area (Å²) in [6.07, 6.45) is 44.3. The van der Waals surface area contributed by atoms with E-state index in [1.807, 2.05) is 0 Å². The molecular formula is C42H74Cl2N2. The van der Waals surface area contributed by atoms with E-state index in [1.54, 1.807) is 0 Å². The smallest absolute Gasteiger partial charge is 0.277 e. The lowest BCUT2D eigenvalue weighted by molar-refractivity contribution is -0.715. The molecule has 266 valence electrons. The van der Waals surface area contributed by atoms with Crippen LogP contribution in [-0.4, -0.2) is 0 Å². The molecule has 2 nitrogen and oxygen atoms in total. The number of hydrogen-bond acceptors (Lipinski definition) is 0. The van der Waals surface area contributed by atoms with Crippen LogP contribution in [-0.2, 0) is 13.1 Å². The van der Waals surface area contributed by atoms with E-state index in [0.29, 0.717) is 0 Å². The van der Waals surface area contributed by atoms with Crippen molar-refractivity contribution in [1.29, 1.82) is 0 Å². The summed E-state index contributed by atoms with van der Waals surface area (Å²) in [4.78, 5) is 0. The molecule has 0 N–H and O–H groups in total. The Morgan fingerprint density at radius 2 is 0.565 bits per heavy atom. The Hall–Kier alpha value is -1.12. The Morgan fingerprint density at radius 3 is 0.826 bits per heavy atom. The Kier molecular flexibility index (Phi) is 32.9. The largest absolute Gasteiger partial charge is 1.00 e. The third kappa shape index (κ3) is 23.2. The minimum absolute atomic E-state index is 0. The molecule has 0 bridgehead atoms. The van der Waals surface area contributed by atoms with Gasteiger partial charge in [-0.05, 0) is 25.0 Å². The van der Waals surface area contributed by atoms with Crippen molar-refractivity contribution in [1.82, 2.24) is 0 Å². The minimum Gasteiger partial charge on any atom is -1.00 e. The van der Waals surface area contributed by atoms with E-state index >= 15 is 0 Å². The van der Waals surface area contributed by atoms with Gasteiger partial charge in [-0.25, -0.2) is 0 Å². The van der Waals surface area contributed by atoms with Gasteiger partial charge >= 0.3 is 0 Å². The fourth-order valence-electron chi connectivity index (χ4n) is 6.76. The first-order valence-electron chi connectivity index (χ1n) is 19.8. The van der Waals surface area contributed by atoms with Gasteiger partial charge in [-0.1, -0.05) is 168 Å². The van der Waals surface area contributed by atoms with Gasteiger partial charge in [-0.2, -0.15) is 9.13 Å². The van der Waals surface area contributed by atoms with Gasteiger partial charge < -0.3 is 24.8 Å². The van der Waals surface area contributed by atoms with E-state index in [4.69, 9.17) is 0 Å². The third-order valence-corrected chi connectivity index (χ3v) is 9.65. The molecule has 2 heterocycles. The van der Waals surface area contributed by atoms with Crippen LogP contribution in [0.15, 0.2) is 48.8 Å². The molecule has 0 aliphatic heterocycles. The van der Waals surface area contributed by atoms with Gasteiger partial charge in [-0.3, -0.25) is 0 Å². The highest BCUT2D eigenvalue weighted by atomic mass is 35.5. The van der Waals surface area contributed by atoms with Crippen LogP contribution in [0.4, 0.5) is 0 Å². The summed E-state index contributed by atoms with van der Waals surface area (Å²) in [5.74, 6) is 0. The molecule has 0 saturated heterocycles. The molecule has 0 radical (unpaired) electrons. The fraction of sp³-hybridized carbons (Fsp3) is 0.762. The second-order valence-corrected chi connectivity index (χ2v) is 13.8. The molecule has 0 unspecified atom stereocenters. The summed E-state index contributed by atoms with van der Waals surface area (Å²) in [7, 11) is 0. The first-order chi connectivity index (χ1) is 21.9. The van der Waals surface area contributed by atoms with Gasteiger partial charge in [0, 0.05) is 37.1 Å². The maximum absolute atomic E-state index is 2.50. The summed E-state index contributed by atoms with van der Waals surface area (Å²) >= 11 is 0. The van der Waals surface area contributed by atoms with Crippen molar-refractivity contribution in [3.8, 4) is 11.4 Å². The molecule has 2 rings (SSSR count). The molecular weight excluding hydrogens is 603 g/mol. The zero-order valence-electron chi connectivity index (χ0n) is 30.5. The predicted octanol–water partition coefficient (Wildman–Crippen LogP) is 6.90. The first kappa shape index (κ1) is 44.9. The zero-order chi connectivity index (χ0) is 31.2. The highest BCUT2D eigenvalue weighted by Gasteiger charge is 2.21. The molecule has 0 aromatic carbocycles. The Morgan fingerprint density at radius 1 is 0.326 bits per heavy atom. The lowest BCUT2D eigenvalue weighted by Crippen LogP contribution is -3.00. The second kappa shape index (κ2) is 33.8. The Bertz CT molecular complexity index is 829. The lowest BCUT2D eigenvalue weighted by atomic mass is 10.0. The number of nitrogens with zero attached hydrogens (tertiary/aromatic N) is 2. The number of pyridine rings is 2. The number of halogens is 2. The SMILES string of the molecule is CCCCCCCCCCCCCCCC[n+]1ccccc1-c1cccc[n+]1CCCCCCCCCCCCCCCC.[Cl-].[Cl-]. The maximum atomic E-state index is 2.50. The van der Waals surface area contributed by atoms with Crippen molar-refractivity contribution >= 4 is 0 Å². The number of aromatic nitrogens is 2. The molecule has 0 saturated carbocycles. The van der Waals surface area contributed by atoms with Crippen LogP contribution in [0.3, 0.4) is 0 Å². The number of unbranched alkanes of at least 4 members (excludes halogenated alkanes) is 26. The van der Waals surface area contributed by atoms with E-state index in [9.17, 15) is 0 Å². The van der Waals surface area contributed by atoms with Crippen LogP contribution in [0.2, 0.25) is 0 Å². The molecule has 46 heavy (non-hydrogen) atoms. The third-order valence-electron chi connectivity index (χ3n) is 9.65. The molecule has 0 amide bonds. The second-order valence-electron chi connectivity index (χ2n) is 13.8. The van der Waals surface area contributed by atoms with Gasteiger partial charge in [0.15, 0.2) is 12.4 Å². The van der Waals surface area contributed by atoms with E-state index in [2.05, 4.69) is 71.8 Å². The number of rotatable bonds is 31. The zero-order valence-corrected chi connectivity index (χ0v) is 32.0. The van der Waals surface area contributed by atoms with Crippen LogP contribution in [0.5, 0.6) is 0 Å². The van der Waals surface area contributed by atoms with Gasteiger partial charge in [0.05, 0.1) is 0 Å². The van der Waals surface area contributed by atoms with Crippen molar-refractivity contribution in [2.24, 2.45) is 0 Å². The summed E-state index contributed by atoms with van der Waals surface area (Å²) in [6.45, 7) is 6.86. The van der Waals surface area contributed by atoms with Crippen LogP contribution in [0, 0.1) is 0 Å². The fourth-order valence-corrected chi connectivity index (χ4v) is 6.76. The van der Waals surface area contributed by atoms with Crippen molar-refractivity contribution in [3.05, 3.63) is 48.8 Å².